The zero-order valence-electron chi connectivity index (χ0n) is 20.5. The maximum absolute atomic E-state index is 13.0. The molecule has 0 spiro atoms. The molecule has 182 valence electrons. The van der Waals surface area contributed by atoms with Crippen molar-refractivity contribution in [3.8, 4) is 5.75 Å². The van der Waals surface area contributed by atoms with Gasteiger partial charge in [0.05, 0.1) is 18.5 Å². The Morgan fingerprint density at radius 2 is 1.66 bits per heavy atom. The second-order valence-corrected chi connectivity index (χ2v) is 8.82. The van der Waals surface area contributed by atoms with E-state index in [1.54, 1.807) is 19.2 Å². The van der Waals surface area contributed by atoms with Crippen LogP contribution in [0, 0.1) is 13.8 Å². The standard InChI is InChI=1S/C28H32N4O3/c1-19-10-11-20(2)23(16-19)30-28(34)31-24-17-21(12-13-25(24)32-14-6-7-15-32)27(33)29-18-22-8-4-5-9-26(22)35-3/h4-5,8-13,16-17H,6-7,14-15,18H2,1-3H3,(H,29,33)(H2,30,31,34). The van der Waals surface area contributed by atoms with E-state index in [2.05, 4.69) is 20.9 Å². The first-order chi connectivity index (χ1) is 16.9. The summed E-state index contributed by atoms with van der Waals surface area (Å²) >= 11 is 0. The summed E-state index contributed by atoms with van der Waals surface area (Å²) in [5.41, 5.74) is 5.70. The molecule has 1 saturated heterocycles. The summed E-state index contributed by atoms with van der Waals surface area (Å²) < 4.78 is 5.37. The third-order valence-corrected chi connectivity index (χ3v) is 6.23. The Hall–Kier alpha value is -4.00. The second-order valence-electron chi connectivity index (χ2n) is 8.82. The molecule has 4 rings (SSSR count). The number of carbonyl (C=O) groups excluding carboxylic acids is 2. The highest BCUT2D eigenvalue weighted by Gasteiger charge is 2.19. The molecule has 0 bridgehead atoms. The molecule has 1 aliphatic heterocycles. The summed E-state index contributed by atoms with van der Waals surface area (Å²) in [6, 6.07) is 18.6. The fourth-order valence-corrected chi connectivity index (χ4v) is 4.28. The van der Waals surface area contributed by atoms with Crippen molar-refractivity contribution in [2.45, 2.75) is 33.2 Å². The van der Waals surface area contributed by atoms with Crippen molar-refractivity contribution in [1.82, 2.24) is 5.32 Å². The summed E-state index contributed by atoms with van der Waals surface area (Å²) in [6.45, 7) is 6.13. The van der Waals surface area contributed by atoms with Gasteiger partial charge in [0.2, 0.25) is 0 Å². The smallest absolute Gasteiger partial charge is 0.323 e. The highest BCUT2D eigenvalue weighted by Crippen LogP contribution is 2.30. The van der Waals surface area contributed by atoms with Crippen molar-refractivity contribution in [2.75, 3.05) is 35.7 Å². The number of benzene rings is 3. The number of aryl methyl sites for hydroxylation is 2. The predicted molar refractivity (Wildman–Crippen MR) is 141 cm³/mol. The minimum atomic E-state index is -0.342. The maximum Gasteiger partial charge on any atom is 0.323 e. The van der Waals surface area contributed by atoms with Crippen LogP contribution in [-0.2, 0) is 6.54 Å². The average Bonchev–Trinajstić information content (AvgIpc) is 3.39. The monoisotopic (exact) mass is 472 g/mol. The second kappa shape index (κ2) is 11.0. The van der Waals surface area contributed by atoms with Gasteiger partial charge in [0, 0.05) is 36.4 Å². The molecule has 7 heteroatoms. The molecule has 0 aromatic heterocycles. The molecule has 0 atom stereocenters. The molecule has 0 unspecified atom stereocenters. The molecule has 0 saturated carbocycles. The Kier molecular flexibility index (Phi) is 7.55. The van der Waals surface area contributed by atoms with E-state index in [1.807, 2.05) is 62.4 Å². The number of amides is 3. The number of rotatable bonds is 7. The SMILES string of the molecule is COc1ccccc1CNC(=O)c1ccc(N2CCCC2)c(NC(=O)Nc2cc(C)ccc2C)c1. The quantitative estimate of drug-likeness (QED) is 0.425. The molecule has 1 fully saturated rings. The molecular weight excluding hydrogens is 440 g/mol. The lowest BCUT2D eigenvalue weighted by Crippen LogP contribution is -2.26. The van der Waals surface area contributed by atoms with Gasteiger partial charge in [0.25, 0.3) is 5.91 Å². The molecule has 3 amide bonds. The van der Waals surface area contributed by atoms with E-state index in [1.165, 1.54) is 0 Å². The van der Waals surface area contributed by atoms with Crippen LogP contribution in [0.1, 0.15) is 39.9 Å². The molecule has 7 nitrogen and oxygen atoms in total. The van der Waals surface area contributed by atoms with Crippen molar-refractivity contribution in [1.29, 1.82) is 0 Å². The number of nitrogens with one attached hydrogen (secondary N) is 3. The van der Waals surface area contributed by atoms with Gasteiger partial charge in [0.1, 0.15) is 5.75 Å². The van der Waals surface area contributed by atoms with Gasteiger partial charge in [0.15, 0.2) is 0 Å². The summed E-state index contributed by atoms with van der Waals surface area (Å²) in [6.07, 6.45) is 2.21. The van der Waals surface area contributed by atoms with Gasteiger partial charge in [-0.1, -0.05) is 30.3 Å². The molecule has 1 heterocycles. The number of hydrogen-bond acceptors (Lipinski definition) is 4. The first-order valence-corrected chi connectivity index (χ1v) is 11.9. The lowest BCUT2D eigenvalue weighted by molar-refractivity contribution is 0.0950. The van der Waals surface area contributed by atoms with E-state index in [9.17, 15) is 9.59 Å². The minimum absolute atomic E-state index is 0.220. The molecule has 1 aliphatic rings. The number of carbonyl (C=O) groups is 2. The van der Waals surface area contributed by atoms with Gasteiger partial charge in [-0.25, -0.2) is 4.79 Å². The van der Waals surface area contributed by atoms with Gasteiger partial charge in [-0.15, -0.1) is 0 Å². The van der Waals surface area contributed by atoms with Crippen LogP contribution in [0.2, 0.25) is 0 Å². The lowest BCUT2D eigenvalue weighted by Gasteiger charge is -2.22. The van der Waals surface area contributed by atoms with Gasteiger partial charge >= 0.3 is 6.03 Å². The predicted octanol–water partition coefficient (Wildman–Crippen LogP) is 5.49. The van der Waals surface area contributed by atoms with Crippen LogP contribution in [0.3, 0.4) is 0 Å². The van der Waals surface area contributed by atoms with Crippen LogP contribution < -0.4 is 25.6 Å². The van der Waals surface area contributed by atoms with Gasteiger partial charge < -0.3 is 25.6 Å². The normalized spacial score (nSPS) is 12.8. The Morgan fingerprint density at radius 3 is 2.43 bits per heavy atom. The third kappa shape index (κ3) is 5.93. The fourth-order valence-electron chi connectivity index (χ4n) is 4.28. The highest BCUT2D eigenvalue weighted by molar-refractivity contribution is 6.04. The number of nitrogens with zero attached hydrogens (tertiary/aromatic N) is 1. The average molecular weight is 473 g/mol. The molecule has 0 aliphatic carbocycles. The topological polar surface area (TPSA) is 82.7 Å². The zero-order valence-corrected chi connectivity index (χ0v) is 20.5. The summed E-state index contributed by atoms with van der Waals surface area (Å²) in [5.74, 6) is 0.504. The van der Waals surface area contributed by atoms with Crippen LogP contribution >= 0.6 is 0 Å². The minimum Gasteiger partial charge on any atom is -0.496 e. The van der Waals surface area contributed by atoms with E-state index in [0.29, 0.717) is 17.8 Å². The Morgan fingerprint density at radius 1 is 0.914 bits per heavy atom. The molecule has 35 heavy (non-hydrogen) atoms. The number of urea groups is 1. The van der Waals surface area contributed by atoms with E-state index < -0.39 is 0 Å². The van der Waals surface area contributed by atoms with E-state index in [-0.39, 0.29) is 11.9 Å². The Labute approximate surface area is 206 Å². The van der Waals surface area contributed by atoms with Crippen molar-refractivity contribution in [3.05, 3.63) is 82.9 Å². The lowest BCUT2D eigenvalue weighted by atomic mass is 10.1. The number of hydrogen-bond donors (Lipinski definition) is 3. The summed E-state index contributed by atoms with van der Waals surface area (Å²) in [7, 11) is 1.61. The van der Waals surface area contributed by atoms with Crippen molar-refractivity contribution < 1.29 is 14.3 Å². The van der Waals surface area contributed by atoms with E-state index >= 15 is 0 Å². The largest absolute Gasteiger partial charge is 0.496 e. The summed E-state index contributed by atoms with van der Waals surface area (Å²) in [4.78, 5) is 28.1. The van der Waals surface area contributed by atoms with Gasteiger partial charge in [-0.3, -0.25) is 4.79 Å². The molecular formula is C28H32N4O3. The number of methoxy groups -OCH3 is 1. The number of para-hydroxylation sites is 1. The van der Waals surface area contributed by atoms with Gasteiger partial charge in [-0.05, 0) is 68.1 Å². The van der Waals surface area contributed by atoms with Crippen LogP contribution in [-0.4, -0.2) is 32.1 Å². The molecule has 0 radical (unpaired) electrons. The van der Waals surface area contributed by atoms with Crippen molar-refractivity contribution >= 4 is 29.0 Å². The highest BCUT2D eigenvalue weighted by atomic mass is 16.5. The first-order valence-electron chi connectivity index (χ1n) is 11.9. The van der Waals surface area contributed by atoms with Crippen LogP contribution in [0.15, 0.2) is 60.7 Å². The maximum atomic E-state index is 13.0. The van der Waals surface area contributed by atoms with Crippen LogP contribution in [0.4, 0.5) is 21.9 Å². The first kappa shape index (κ1) is 24.1. The fraction of sp³-hybridized carbons (Fsp3) is 0.286. The van der Waals surface area contributed by atoms with Crippen molar-refractivity contribution in [2.24, 2.45) is 0 Å². The molecule has 3 aromatic rings. The zero-order chi connectivity index (χ0) is 24.8. The van der Waals surface area contributed by atoms with Crippen molar-refractivity contribution in [3.63, 3.8) is 0 Å². The van der Waals surface area contributed by atoms with Gasteiger partial charge in [-0.2, -0.15) is 0 Å². The van der Waals surface area contributed by atoms with Crippen LogP contribution in [0.5, 0.6) is 5.75 Å². The van der Waals surface area contributed by atoms with E-state index in [0.717, 1.165) is 59.7 Å². The van der Waals surface area contributed by atoms with E-state index in [4.69, 9.17) is 4.74 Å². The van der Waals surface area contributed by atoms with Crippen LogP contribution in [0.25, 0.3) is 0 Å². The Balaban J connectivity index is 1.53. The summed E-state index contributed by atoms with van der Waals surface area (Å²) in [5, 5.41) is 8.87. The molecule has 3 N–H and O–H groups in total. The molecule has 3 aromatic carbocycles. The number of ether oxygens (including phenoxy) is 1. The Bertz CT molecular complexity index is 1220. The third-order valence-electron chi connectivity index (χ3n) is 6.23. The number of anilines is 3.